The minimum Gasteiger partial charge on any atom is -0.392 e. The van der Waals surface area contributed by atoms with E-state index in [2.05, 4.69) is 15.0 Å². The molecule has 0 atom stereocenters. The first kappa shape index (κ1) is 9.92. The highest BCUT2D eigenvalue weighted by molar-refractivity contribution is 5.71. The molecule has 3 aromatic rings. The number of hydrogen-bond donors (Lipinski definition) is 1. The van der Waals surface area contributed by atoms with Crippen molar-refractivity contribution in [1.29, 1.82) is 0 Å². The van der Waals surface area contributed by atoms with Crippen LogP contribution in [-0.2, 0) is 6.61 Å². The molecule has 0 fully saturated rings. The first-order valence-electron chi connectivity index (χ1n) is 5.22. The van der Waals surface area contributed by atoms with Crippen LogP contribution in [0.5, 0.6) is 0 Å². The Hall–Kier alpha value is -2.27. The van der Waals surface area contributed by atoms with E-state index in [1.165, 1.54) is 6.33 Å². The van der Waals surface area contributed by atoms with Gasteiger partial charge in [0.05, 0.1) is 18.5 Å². The molecule has 0 saturated carbocycles. The molecule has 2 heterocycles. The minimum absolute atomic E-state index is 0.0130. The lowest BCUT2D eigenvalue weighted by molar-refractivity contribution is 0.281. The van der Waals surface area contributed by atoms with Gasteiger partial charge in [-0.3, -0.25) is 4.57 Å². The Bertz CT molecular complexity index is 662. The third-order valence-corrected chi connectivity index (χ3v) is 2.63. The van der Waals surface area contributed by atoms with Crippen LogP contribution in [-0.4, -0.2) is 24.6 Å². The highest BCUT2D eigenvalue weighted by Gasteiger charge is 2.08. The number of hydrogen-bond acceptors (Lipinski definition) is 4. The smallest absolute Gasteiger partial charge is 0.167 e. The number of fused-ring (bicyclic) bond motifs is 1. The quantitative estimate of drug-likeness (QED) is 0.715. The van der Waals surface area contributed by atoms with Gasteiger partial charge in [-0.2, -0.15) is 0 Å². The van der Waals surface area contributed by atoms with Crippen LogP contribution in [0.3, 0.4) is 0 Å². The van der Waals surface area contributed by atoms with Crippen molar-refractivity contribution in [2.45, 2.75) is 6.61 Å². The molecular weight excluding hydrogens is 216 g/mol. The summed E-state index contributed by atoms with van der Waals surface area (Å²) in [6.07, 6.45) is 4.84. The fourth-order valence-electron chi connectivity index (χ4n) is 1.82. The van der Waals surface area contributed by atoms with Crippen LogP contribution in [0.2, 0.25) is 0 Å². The zero-order chi connectivity index (χ0) is 11.7. The van der Waals surface area contributed by atoms with Crippen LogP contribution in [0, 0.1) is 0 Å². The first-order chi connectivity index (χ1) is 8.40. The molecule has 0 aliphatic heterocycles. The normalized spacial score (nSPS) is 10.9. The van der Waals surface area contributed by atoms with Gasteiger partial charge in [-0.1, -0.05) is 18.2 Å². The first-order valence-corrected chi connectivity index (χ1v) is 5.22. The summed E-state index contributed by atoms with van der Waals surface area (Å²) in [5.74, 6) is 0. The Morgan fingerprint density at radius 3 is 2.94 bits per heavy atom. The lowest BCUT2D eigenvalue weighted by atomic mass is 10.2. The molecule has 2 aromatic heterocycles. The second kappa shape index (κ2) is 3.95. The Kier molecular flexibility index (Phi) is 2.31. The molecule has 1 N–H and O–H groups in total. The fourth-order valence-corrected chi connectivity index (χ4v) is 1.82. The Balaban J connectivity index is 2.27. The van der Waals surface area contributed by atoms with E-state index in [-0.39, 0.29) is 6.61 Å². The molecule has 0 spiro atoms. The summed E-state index contributed by atoms with van der Waals surface area (Å²) in [6, 6.07) is 7.61. The van der Waals surface area contributed by atoms with E-state index in [0.717, 1.165) is 22.4 Å². The monoisotopic (exact) mass is 226 g/mol. The molecule has 5 heteroatoms. The van der Waals surface area contributed by atoms with Crippen molar-refractivity contribution in [3.05, 3.63) is 48.7 Å². The third-order valence-electron chi connectivity index (χ3n) is 2.63. The molecule has 0 bridgehead atoms. The standard InChI is InChI=1S/C12H10N4O/c17-6-9-3-1-2-4-11(9)16-8-15-10-5-13-7-14-12(10)16/h1-5,7-8,17H,6H2. The van der Waals surface area contributed by atoms with E-state index in [9.17, 15) is 5.11 Å². The molecule has 0 amide bonds. The zero-order valence-corrected chi connectivity index (χ0v) is 8.98. The van der Waals surface area contributed by atoms with Crippen molar-refractivity contribution in [2.75, 3.05) is 0 Å². The molecule has 3 rings (SSSR count). The molecular formula is C12H10N4O. The molecule has 0 unspecified atom stereocenters. The summed E-state index contributed by atoms with van der Waals surface area (Å²) in [5, 5.41) is 9.32. The lowest BCUT2D eigenvalue weighted by Crippen LogP contribution is -1.99. The maximum Gasteiger partial charge on any atom is 0.167 e. The van der Waals surface area contributed by atoms with E-state index in [0.29, 0.717) is 0 Å². The van der Waals surface area contributed by atoms with Crippen molar-refractivity contribution in [1.82, 2.24) is 19.5 Å². The lowest BCUT2D eigenvalue weighted by Gasteiger charge is -2.07. The Labute approximate surface area is 97.4 Å². The van der Waals surface area contributed by atoms with Gasteiger partial charge in [0.2, 0.25) is 0 Å². The van der Waals surface area contributed by atoms with Gasteiger partial charge in [0, 0.05) is 5.56 Å². The fraction of sp³-hybridized carbons (Fsp3) is 0.0833. The zero-order valence-electron chi connectivity index (χ0n) is 8.98. The number of benzene rings is 1. The van der Waals surface area contributed by atoms with E-state index in [4.69, 9.17) is 0 Å². The van der Waals surface area contributed by atoms with Crippen LogP contribution < -0.4 is 0 Å². The number of rotatable bonds is 2. The van der Waals surface area contributed by atoms with Crippen molar-refractivity contribution in [2.24, 2.45) is 0 Å². The number of aliphatic hydroxyl groups excluding tert-OH is 1. The predicted octanol–water partition coefficient (Wildman–Crippen LogP) is 1.31. The number of aromatic nitrogens is 4. The predicted molar refractivity (Wildman–Crippen MR) is 62.6 cm³/mol. The van der Waals surface area contributed by atoms with Crippen molar-refractivity contribution < 1.29 is 5.11 Å². The maximum absolute atomic E-state index is 9.32. The largest absolute Gasteiger partial charge is 0.392 e. The molecule has 5 nitrogen and oxygen atoms in total. The van der Waals surface area contributed by atoms with Crippen LogP contribution in [0.25, 0.3) is 16.9 Å². The molecule has 84 valence electrons. The number of para-hydroxylation sites is 1. The van der Waals surface area contributed by atoms with Gasteiger partial charge >= 0.3 is 0 Å². The topological polar surface area (TPSA) is 63.8 Å². The van der Waals surface area contributed by atoms with E-state index < -0.39 is 0 Å². The maximum atomic E-state index is 9.32. The van der Waals surface area contributed by atoms with Gasteiger partial charge in [-0.05, 0) is 6.07 Å². The Morgan fingerprint density at radius 1 is 1.18 bits per heavy atom. The number of imidazole rings is 1. The molecule has 0 aliphatic carbocycles. The summed E-state index contributed by atoms with van der Waals surface area (Å²) in [4.78, 5) is 12.4. The summed E-state index contributed by atoms with van der Waals surface area (Å²) in [5.41, 5.74) is 3.20. The number of aliphatic hydroxyl groups is 1. The van der Waals surface area contributed by atoms with Gasteiger partial charge in [0.25, 0.3) is 0 Å². The van der Waals surface area contributed by atoms with Gasteiger partial charge in [0.15, 0.2) is 5.65 Å². The average molecular weight is 226 g/mol. The van der Waals surface area contributed by atoms with Crippen LogP contribution in [0.4, 0.5) is 0 Å². The summed E-state index contributed by atoms with van der Waals surface area (Å²) < 4.78 is 1.85. The Morgan fingerprint density at radius 2 is 2.06 bits per heavy atom. The molecule has 17 heavy (non-hydrogen) atoms. The molecule has 0 saturated heterocycles. The van der Waals surface area contributed by atoms with Gasteiger partial charge in [0.1, 0.15) is 18.2 Å². The second-order valence-corrected chi connectivity index (χ2v) is 3.63. The van der Waals surface area contributed by atoms with Crippen molar-refractivity contribution in [3.63, 3.8) is 0 Å². The summed E-state index contributed by atoms with van der Waals surface area (Å²) >= 11 is 0. The molecule has 1 aromatic carbocycles. The summed E-state index contributed by atoms with van der Waals surface area (Å²) in [7, 11) is 0. The highest BCUT2D eigenvalue weighted by atomic mass is 16.3. The van der Waals surface area contributed by atoms with Gasteiger partial charge in [-0.15, -0.1) is 0 Å². The van der Waals surface area contributed by atoms with E-state index in [1.54, 1.807) is 12.5 Å². The minimum atomic E-state index is -0.0130. The van der Waals surface area contributed by atoms with Crippen LogP contribution in [0.1, 0.15) is 5.56 Å². The van der Waals surface area contributed by atoms with Gasteiger partial charge < -0.3 is 5.11 Å². The van der Waals surface area contributed by atoms with E-state index in [1.807, 2.05) is 28.8 Å². The second-order valence-electron chi connectivity index (χ2n) is 3.63. The van der Waals surface area contributed by atoms with Gasteiger partial charge in [-0.25, -0.2) is 15.0 Å². The molecule has 0 radical (unpaired) electrons. The van der Waals surface area contributed by atoms with E-state index >= 15 is 0 Å². The average Bonchev–Trinajstić information content (AvgIpc) is 2.82. The van der Waals surface area contributed by atoms with Crippen molar-refractivity contribution >= 4 is 11.2 Å². The summed E-state index contributed by atoms with van der Waals surface area (Å²) in [6.45, 7) is -0.0130. The third kappa shape index (κ3) is 1.57. The SMILES string of the molecule is OCc1ccccc1-n1cnc2cncnc21. The van der Waals surface area contributed by atoms with Crippen LogP contribution >= 0.6 is 0 Å². The number of nitrogens with zero attached hydrogens (tertiary/aromatic N) is 4. The molecule has 0 aliphatic rings. The van der Waals surface area contributed by atoms with Crippen molar-refractivity contribution in [3.8, 4) is 5.69 Å². The van der Waals surface area contributed by atoms with Crippen LogP contribution in [0.15, 0.2) is 43.1 Å². The highest BCUT2D eigenvalue weighted by Crippen LogP contribution is 2.18.